The number of aromatic nitrogens is 3. The second-order valence-corrected chi connectivity index (χ2v) is 8.63. The molecule has 3 heterocycles. The van der Waals surface area contributed by atoms with E-state index in [1.54, 1.807) is 12.1 Å². The van der Waals surface area contributed by atoms with Crippen LogP contribution in [-0.2, 0) is 6.54 Å². The van der Waals surface area contributed by atoms with Gasteiger partial charge in [0.25, 0.3) is 0 Å². The van der Waals surface area contributed by atoms with Crippen molar-refractivity contribution in [1.29, 1.82) is 0 Å². The minimum atomic E-state index is -2.89. The highest BCUT2D eigenvalue weighted by Gasteiger charge is 2.15. The van der Waals surface area contributed by atoms with E-state index in [4.69, 9.17) is 11.6 Å². The van der Waals surface area contributed by atoms with E-state index in [1.807, 2.05) is 29.8 Å². The van der Waals surface area contributed by atoms with Gasteiger partial charge in [-0.05, 0) is 60.5 Å². The minimum absolute atomic E-state index is 0.0767. The molecule has 34 heavy (non-hydrogen) atoms. The average molecular weight is 484 g/mol. The summed E-state index contributed by atoms with van der Waals surface area (Å²) in [6.07, 6.45) is 1.90. The Labute approximate surface area is 201 Å². The van der Waals surface area contributed by atoms with Crippen molar-refractivity contribution < 1.29 is 13.5 Å². The predicted octanol–water partition coefficient (Wildman–Crippen LogP) is 5.12. The van der Waals surface area contributed by atoms with Crippen LogP contribution in [0, 0.1) is 6.92 Å². The largest absolute Gasteiger partial charge is 0.435 e. The lowest BCUT2D eigenvalue weighted by atomic mass is 10.1. The summed E-state index contributed by atoms with van der Waals surface area (Å²) in [5.74, 6) is 1.86. The molecule has 0 unspecified atom stereocenters. The van der Waals surface area contributed by atoms with E-state index in [2.05, 4.69) is 43.1 Å². The number of nitrogens with one attached hydrogen (secondary N) is 1. The molecule has 6 nitrogen and oxygen atoms in total. The normalized spacial score (nSPS) is 14.2. The van der Waals surface area contributed by atoms with Crippen LogP contribution in [0.4, 0.5) is 14.6 Å². The lowest BCUT2D eigenvalue weighted by Crippen LogP contribution is -2.43. The van der Waals surface area contributed by atoms with Gasteiger partial charge in [-0.25, -0.2) is 9.97 Å². The Balaban J connectivity index is 1.45. The molecule has 0 radical (unpaired) electrons. The van der Waals surface area contributed by atoms with E-state index in [-0.39, 0.29) is 5.75 Å². The van der Waals surface area contributed by atoms with Crippen LogP contribution in [0.15, 0.2) is 54.7 Å². The van der Waals surface area contributed by atoms with Crippen LogP contribution in [0.25, 0.3) is 22.2 Å². The highest BCUT2D eigenvalue weighted by atomic mass is 35.5. The van der Waals surface area contributed by atoms with Gasteiger partial charge in [-0.15, -0.1) is 0 Å². The second kappa shape index (κ2) is 9.56. The fourth-order valence-corrected chi connectivity index (χ4v) is 4.46. The average Bonchev–Trinajstić information content (AvgIpc) is 3.15. The van der Waals surface area contributed by atoms with Crippen molar-refractivity contribution >= 4 is 28.5 Å². The molecule has 0 atom stereocenters. The first-order valence-electron chi connectivity index (χ1n) is 11.1. The highest BCUT2D eigenvalue weighted by molar-refractivity contribution is 6.31. The van der Waals surface area contributed by atoms with Gasteiger partial charge in [0, 0.05) is 43.0 Å². The predicted molar refractivity (Wildman–Crippen MR) is 130 cm³/mol. The second-order valence-electron chi connectivity index (χ2n) is 8.22. The molecule has 0 amide bonds. The molecule has 1 aliphatic rings. The summed E-state index contributed by atoms with van der Waals surface area (Å²) in [4.78, 5) is 11.6. The number of piperazine rings is 1. The molecule has 0 saturated carbocycles. The zero-order valence-corrected chi connectivity index (χ0v) is 19.4. The van der Waals surface area contributed by atoms with Crippen LogP contribution in [0.2, 0.25) is 5.02 Å². The standard InChI is InChI=1S/C25H24ClF2N5O/c1-16-31-22-6-2-17(18-3-7-24(30-14-18)32-10-8-29-9-11-32)13-23(22)33(16)15-19-12-20(34-25(27)28)4-5-21(19)26/h2-7,12-14,25,29H,8-11,15H2,1H3. The first kappa shape index (κ1) is 22.6. The van der Waals surface area contributed by atoms with Crippen LogP contribution in [0.1, 0.15) is 11.4 Å². The molecule has 2 aromatic heterocycles. The number of halogens is 3. The zero-order chi connectivity index (χ0) is 23.7. The van der Waals surface area contributed by atoms with Gasteiger partial charge in [-0.3, -0.25) is 0 Å². The number of anilines is 1. The molecule has 0 aliphatic carbocycles. The maximum Gasteiger partial charge on any atom is 0.387 e. The van der Waals surface area contributed by atoms with E-state index in [1.165, 1.54) is 6.07 Å². The number of nitrogens with zero attached hydrogens (tertiary/aromatic N) is 4. The quantitative estimate of drug-likeness (QED) is 0.412. The van der Waals surface area contributed by atoms with E-state index >= 15 is 0 Å². The molecule has 2 aromatic carbocycles. The van der Waals surface area contributed by atoms with Crippen molar-refractivity contribution in [1.82, 2.24) is 19.9 Å². The summed E-state index contributed by atoms with van der Waals surface area (Å²) < 4.78 is 31.9. The van der Waals surface area contributed by atoms with E-state index in [0.717, 1.165) is 60.0 Å². The molecule has 1 N–H and O–H groups in total. The Hall–Kier alpha value is -3.23. The molecule has 5 rings (SSSR count). The molecule has 0 bridgehead atoms. The van der Waals surface area contributed by atoms with Crippen molar-refractivity contribution in [3.8, 4) is 16.9 Å². The lowest BCUT2D eigenvalue weighted by molar-refractivity contribution is -0.0498. The van der Waals surface area contributed by atoms with Gasteiger partial charge in [-0.2, -0.15) is 8.78 Å². The number of rotatable bonds is 6. The van der Waals surface area contributed by atoms with E-state index < -0.39 is 6.61 Å². The topological polar surface area (TPSA) is 55.2 Å². The first-order valence-corrected chi connectivity index (χ1v) is 11.5. The molecular formula is C25H24ClF2N5O. The highest BCUT2D eigenvalue weighted by Crippen LogP contribution is 2.29. The van der Waals surface area contributed by atoms with Crippen molar-refractivity contribution in [2.75, 3.05) is 31.1 Å². The molecule has 1 saturated heterocycles. The Morgan fingerprint density at radius 1 is 1.06 bits per heavy atom. The third kappa shape index (κ3) is 4.69. The van der Waals surface area contributed by atoms with Gasteiger partial charge >= 0.3 is 6.61 Å². The molecule has 9 heteroatoms. The van der Waals surface area contributed by atoms with Crippen LogP contribution < -0.4 is 15.0 Å². The fraction of sp³-hybridized carbons (Fsp3) is 0.280. The molecule has 4 aromatic rings. The van der Waals surface area contributed by atoms with Crippen molar-refractivity contribution in [2.24, 2.45) is 0 Å². The number of alkyl halides is 2. The molecular weight excluding hydrogens is 460 g/mol. The van der Waals surface area contributed by atoms with Gasteiger partial charge in [0.1, 0.15) is 17.4 Å². The monoisotopic (exact) mass is 483 g/mol. The number of ether oxygens (including phenoxy) is 1. The summed E-state index contributed by atoms with van der Waals surface area (Å²) in [6, 6.07) is 14.8. The van der Waals surface area contributed by atoms with Crippen LogP contribution in [0.3, 0.4) is 0 Å². The van der Waals surface area contributed by atoms with Gasteiger partial charge in [-0.1, -0.05) is 17.7 Å². The Kier molecular flexibility index (Phi) is 6.34. The van der Waals surface area contributed by atoms with Gasteiger partial charge in [0.15, 0.2) is 0 Å². The first-order chi connectivity index (χ1) is 16.5. The summed E-state index contributed by atoms with van der Waals surface area (Å²) in [5, 5.41) is 3.83. The smallest absolute Gasteiger partial charge is 0.387 e. The van der Waals surface area contributed by atoms with Crippen LogP contribution >= 0.6 is 11.6 Å². The number of aryl methyl sites for hydroxylation is 1. The minimum Gasteiger partial charge on any atom is -0.435 e. The number of hydrogen-bond acceptors (Lipinski definition) is 5. The number of imidazole rings is 1. The van der Waals surface area contributed by atoms with Crippen molar-refractivity contribution in [2.45, 2.75) is 20.1 Å². The Morgan fingerprint density at radius 3 is 2.59 bits per heavy atom. The zero-order valence-electron chi connectivity index (χ0n) is 18.6. The Bertz CT molecular complexity index is 1300. The molecule has 0 spiro atoms. The van der Waals surface area contributed by atoms with E-state index in [0.29, 0.717) is 17.1 Å². The fourth-order valence-electron chi connectivity index (χ4n) is 4.28. The number of benzene rings is 2. The summed E-state index contributed by atoms with van der Waals surface area (Å²) in [6.45, 7) is 3.22. The molecule has 1 fully saturated rings. The van der Waals surface area contributed by atoms with E-state index in [9.17, 15) is 8.78 Å². The summed E-state index contributed by atoms with van der Waals surface area (Å²) in [7, 11) is 0. The van der Waals surface area contributed by atoms with Crippen LogP contribution in [0.5, 0.6) is 5.75 Å². The van der Waals surface area contributed by atoms with Crippen LogP contribution in [-0.4, -0.2) is 47.3 Å². The van der Waals surface area contributed by atoms with Crippen molar-refractivity contribution in [3.05, 3.63) is 71.1 Å². The lowest BCUT2D eigenvalue weighted by Gasteiger charge is -2.28. The number of fused-ring (bicyclic) bond motifs is 1. The third-order valence-corrected chi connectivity index (χ3v) is 6.40. The molecule has 1 aliphatic heterocycles. The van der Waals surface area contributed by atoms with Gasteiger partial charge in [0.05, 0.1) is 17.6 Å². The third-order valence-electron chi connectivity index (χ3n) is 6.03. The van der Waals surface area contributed by atoms with Gasteiger partial charge in [0.2, 0.25) is 0 Å². The number of pyridine rings is 1. The summed E-state index contributed by atoms with van der Waals surface area (Å²) in [5.41, 5.74) is 4.49. The molecule has 176 valence electrons. The maximum atomic E-state index is 12.7. The summed E-state index contributed by atoms with van der Waals surface area (Å²) >= 11 is 6.37. The Morgan fingerprint density at radius 2 is 1.85 bits per heavy atom. The maximum absolute atomic E-state index is 12.7. The van der Waals surface area contributed by atoms with Crippen molar-refractivity contribution in [3.63, 3.8) is 0 Å². The SMILES string of the molecule is Cc1nc2ccc(-c3ccc(N4CCNCC4)nc3)cc2n1Cc1cc(OC(F)F)ccc1Cl. The number of hydrogen-bond donors (Lipinski definition) is 1. The van der Waals surface area contributed by atoms with Gasteiger partial charge < -0.3 is 19.5 Å².